The fourth-order valence-electron chi connectivity index (χ4n) is 5.69. The number of benzene rings is 1. The van der Waals surface area contributed by atoms with E-state index in [9.17, 15) is 14.0 Å². The van der Waals surface area contributed by atoms with Crippen LogP contribution in [0.4, 0.5) is 4.39 Å². The van der Waals surface area contributed by atoms with Gasteiger partial charge in [0.1, 0.15) is 5.82 Å². The van der Waals surface area contributed by atoms with Crippen molar-refractivity contribution in [2.45, 2.75) is 77.7 Å². The Morgan fingerprint density at radius 3 is 2.18 bits per heavy atom. The topological polar surface area (TPSA) is 50.5 Å². The number of halogens is 1. The highest BCUT2D eigenvalue weighted by Gasteiger charge is 2.44. The molecule has 1 aromatic carbocycles. The summed E-state index contributed by atoms with van der Waals surface area (Å²) in [5, 5.41) is 0. The summed E-state index contributed by atoms with van der Waals surface area (Å²) in [5.74, 6) is -0.273. The van der Waals surface area contributed by atoms with Crippen molar-refractivity contribution in [2.24, 2.45) is 0 Å². The Hall–Kier alpha value is -2.67. The second kappa shape index (κ2) is 7.97. The highest BCUT2D eigenvalue weighted by atomic mass is 19.1. The molecule has 4 rings (SSSR count). The standard InChI is InChI=1S/C26H35FN4O2/c1-17-22-18(2)29(16-19-8-10-20(27)11-9-19)12-13-30(22)24(33)31(23(17)32)21-14-25(3,4)28(7)26(5,6)15-21/h8-11,21H,2,12-16H2,1,3-7H3. The van der Waals surface area contributed by atoms with Crippen molar-refractivity contribution in [1.29, 1.82) is 0 Å². The normalized spacial score (nSPS) is 20.7. The molecule has 33 heavy (non-hydrogen) atoms. The van der Waals surface area contributed by atoms with Crippen molar-refractivity contribution < 1.29 is 4.39 Å². The Morgan fingerprint density at radius 2 is 1.61 bits per heavy atom. The van der Waals surface area contributed by atoms with Crippen LogP contribution in [0, 0.1) is 12.7 Å². The lowest BCUT2D eigenvalue weighted by Crippen LogP contribution is -2.61. The molecular formula is C26H35FN4O2. The van der Waals surface area contributed by atoms with Crippen molar-refractivity contribution in [3.63, 3.8) is 0 Å². The van der Waals surface area contributed by atoms with Gasteiger partial charge in [0, 0.05) is 42.3 Å². The van der Waals surface area contributed by atoms with Gasteiger partial charge in [-0.05, 0) is 72.2 Å². The zero-order valence-electron chi connectivity index (χ0n) is 20.6. The number of piperidine rings is 1. The fourth-order valence-corrected chi connectivity index (χ4v) is 5.69. The Labute approximate surface area is 194 Å². The molecule has 0 spiro atoms. The third-order valence-corrected chi connectivity index (χ3v) is 7.79. The molecule has 178 valence electrons. The maximum absolute atomic E-state index is 13.6. The van der Waals surface area contributed by atoms with Gasteiger partial charge < -0.3 is 4.90 Å². The van der Waals surface area contributed by atoms with Crippen LogP contribution < -0.4 is 11.2 Å². The van der Waals surface area contributed by atoms with Gasteiger partial charge in [0.25, 0.3) is 5.56 Å². The summed E-state index contributed by atoms with van der Waals surface area (Å²) in [4.78, 5) is 31.6. The van der Waals surface area contributed by atoms with E-state index in [1.807, 2.05) is 0 Å². The smallest absolute Gasteiger partial charge is 0.331 e. The minimum absolute atomic E-state index is 0.137. The maximum atomic E-state index is 13.6. The number of nitrogens with zero attached hydrogens (tertiary/aromatic N) is 4. The molecule has 2 aromatic rings. The lowest BCUT2D eigenvalue weighted by Gasteiger charge is -2.53. The fraction of sp³-hybridized carbons (Fsp3) is 0.538. The molecule has 0 N–H and O–H groups in total. The molecule has 3 heterocycles. The van der Waals surface area contributed by atoms with Gasteiger partial charge in [-0.15, -0.1) is 0 Å². The number of aromatic nitrogens is 2. The minimum Gasteiger partial charge on any atom is -0.364 e. The number of hydrogen-bond acceptors (Lipinski definition) is 4. The van der Waals surface area contributed by atoms with Gasteiger partial charge in [0.05, 0.1) is 11.4 Å². The molecule has 0 saturated carbocycles. The van der Waals surface area contributed by atoms with Crippen molar-refractivity contribution in [3.8, 4) is 0 Å². The van der Waals surface area contributed by atoms with E-state index >= 15 is 0 Å². The lowest BCUT2D eigenvalue weighted by molar-refractivity contribution is -0.0279. The zero-order valence-corrected chi connectivity index (χ0v) is 20.6. The Balaban J connectivity index is 1.73. The minimum atomic E-state index is -0.273. The summed E-state index contributed by atoms with van der Waals surface area (Å²) >= 11 is 0. The molecule has 2 aliphatic heterocycles. The first-order valence-electron chi connectivity index (χ1n) is 11.6. The van der Waals surface area contributed by atoms with Gasteiger partial charge >= 0.3 is 5.69 Å². The van der Waals surface area contributed by atoms with Crippen molar-refractivity contribution in [3.05, 3.63) is 74.3 Å². The Bertz CT molecular complexity index is 1190. The molecule has 1 saturated heterocycles. The number of fused-ring (bicyclic) bond motifs is 1. The summed E-state index contributed by atoms with van der Waals surface area (Å²) in [7, 11) is 2.11. The van der Waals surface area contributed by atoms with Gasteiger partial charge in [-0.3, -0.25) is 18.8 Å². The lowest BCUT2D eigenvalue weighted by atomic mass is 9.77. The van der Waals surface area contributed by atoms with E-state index in [-0.39, 0.29) is 34.2 Å². The number of rotatable bonds is 3. The molecule has 0 atom stereocenters. The van der Waals surface area contributed by atoms with Crippen LogP contribution in [0.5, 0.6) is 0 Å². The van der Waals surface area contributed by atoms with Gasteiger partial charge in [-0.1, -0.05) is 18.7 Å². The maximum Gasteiger partial charge on any atom is 0.331 e. The second-order valence-corrected chi connectivity index (χ2v) is 10.8. The number of hydrogen-bond donors (Lipinski definition) is 0. The summed E-state index contributed by atoms with van der Waals surface area (Å²) in [6, 6.07) is 6.22. The highest BCUT2D eigenvalue weighted by Crippen LogP contribution is 2.41. The van der Waals surface area contributed by atoms with Crippen LogP contribution in [0.25, 0.3) is 5.70 Å². The average molecular weight is 455 g/mol. The van der Waals surface area contributed by atoms with Crippen molar-refractivity contribution in [2.75, 3.05) is 13.6 Å². The quantitative estimate of drug-likeness (QED) is 0.709. The molecule has 7 heteroatoms. The molecule has 1 aromatic heterocycles. The van der Waals surface area contributed by atoms with Crippen LogP contribution in [0.15, 0.2) is 40.4 Å². The molecule has 0 bridgehead atoms. The second-order valence-electron chi connectivity index (χ2n) is 10.8. The highest BCUT2D eigenvalue weighted by molar-refractivity contribution is 5.62. The van der Waals surface area contributed by atoms with Gasteiger partial charge in [-0.2, -0.15) is 0 Å². The third kappa shape index (κ3) is 3.97. The Kier molecular flexibility index (Phi) is 5.68. The largest absolute Gasteiger partial charge is 0.364 e. The van der Waals surface area contributed by atoms with E-state index in [0.29, 0.717) is 36.6 Å². The SMILES string of the molecule is C=C1c2c(C)c(=O)n(C3CC(C)(C)N(C)C(C)(C)C3)c(=O)n2CCN1Cc1ccc(F)cc1. The molecule has 6 nitrogen and oxygen atoms in total. The van der Waals surface area contributed by atoms with Crippen LogP contribution in [-0.2, 0) is 13.1 Å². The molecule has 0 aliphatic carbocycles. The van der Waals surface area contributed by atoms with Crippen molar-refractivity contribution in [1.82, 2.24) is 18.9 Å². The summed E-state index contributed by atoms with van der Waals surface area (Å²) in [5.41, 5.74) is 2.04. The van der Waals surface area contributed by atoms with E-state index in [1.165, 1.54) is 16.7 Å². The molecule has 0 amide bonds. The van der Waals surface area contributed by atoms with Gasteiger partial charge in [-0.25, -0.2) is 9.18 Å². The van der Waals surface area contributed by atoms with E-state index in [1.54, 1.807) is 23.6 Å². The van der Waals surface area contributed by atoms with Crippen LogP contribution in [0.2, 0.25) is 0 Å². The predicted molar refractivity (Wildman–Crippen MR) is 130 cm³/mol. The first kappa shape index (κ1) is 23.5. The summed E-state index contributed by atoms with van der Waals surface area (Å²) < 4.78 is 16.5. The zero-order chi connectivity index (χ0) is 24.3. The first-order chi connectivity index (χ1) is 15.3. The summed E-state index contributed by atoms with van der Waals surface area (Å²) in [6.45, 7) is 16.3. The van der Waals surface area contributed by atoms with Crippen LogP contribution in [-0.4, -0.2) is 43.6 Å². The molecule has 0 radical (unpaired) electrons. The van der Waals surface area contributed by atoms with Crippen molar-refractivity contribution >= 4 is 5.70 Å². The van der Waals surface area contributed by atoms with E-state index < -0.39 is 0 Å². The molecule has 1 fully saturated rings. The molecular weight excluding hydrogens is 419 g/mol. The van der Waals surface area contributed by atoms with Crippen LogP contribution >= 0.6 is 0 Å². The van der Waals surface area contributed by atoms with Crippen LogP contribution in [0.3, 0.4) is 0 Å². The monoisotopic (exact) mass is 454 g/mol. The van der Waals surface area contributed by atoms with E-state index in [2.05, 4.69) is 51.1 Å². The average Bonchev–Trinajstić information content (AvgIpc) is 2.73. The Morgan fingerprint density at radius 1 is 1.03 bits per heavy atom. The van der Waals surface area contributed by atoms with Gasteiger partial charge in [0.2, 0.25) is 0 Å². The molecule has 0 unspecified atom stereocenters. The first-order valence-corrected chi connectivity index (χ1v) is 11.6. The number of likely N-dealkylation sites (tertiary alicyclic amines) is 1. The predicted octanol–water partition coefficient (Wildman–Crippen LogP) is 3.77. The van der Waals surface area contributed by atoms with E-state index in [0.717, 1.165) is 18.4 Å². The summed E-state index contributed by atoms with van der Waals surface area (Å²) in [6.07, 6.45) is 1.47. The molecule has 2 aliphatic rings. The van der Waals surface area contributed by atoms with Gasteiger partial charge in [0.15, 0.2) is 0 Å². The van der Waals surface area contributed by atoms with Crippen LogP contribution in [0.1, 0.15) is 63.4 Å². The van der Waals surface area contributed by atoms with E-state index in [4.69, 9.17) is 0 Å². The third-order valence-electron chi connectivity index (χ3n) is 7.79.